The fourth-order valence-electron chi connectivity index (χ4n) is 4.49. The number of rotatable bonds is 10. The molecule has 216 valence electrons. The van der Waals surface area contributed by atoms with Gasteiger partial charge in [-0.05, 0) is 48.9 Å². The lowest BCUT2D eigenvalue weighted by Crippen LogP contribution is -2.31. The van der Waals surface area contributed by atoms with Crippen molar-refractivity contribution in [3.8, 4) is 29.1 Å². The molecule has 1 unspecified atom stereocenters. The quantitative estimate of drug-likeness (QED) is 0.254. The number of nitrogens with one attached hydrogen (secondary N) is 3. The number of thioether (sulfide) groups is 1. The van der Waals surface area contributed by atoms with Crippen LogP contribution in [-0.2, 0) is 9.59 Å². The molecule has 4 N–H and O–H groups in total. The van der Waals surface area contributed by atoms with Crippen LogP contribution in [0.2, 0.25) is 0 Å². The summed E-state index contributed by atoms with van der Waals surface area (Å²) in [5.74, 6) is -0.445. The van der Waals surface area contributed by atoms with Gasteiger partial charge in [0.05, 0.1) is 55.4 Å². The van der Waals surface area contributed by atoms with Crippen LogP contribution in [-0.4, -0.2) is 44.0 Å². The van der Waals surface area contributed by atoms with E-state index < -0.39 is 11.8 Å². The predicted molar refractivity (Wildman–Crippen MR) is 162 cm³/mol. The Balaban J connectivity index is 1.66. The van der Waals surface area contributed by atoms with E-state index in [9.17, 15) is 20.0 Å². The zero-order valence-corrected chi connectivity index (χ0v) is 24.3. The number of phenols is 1. The van der Waals surface area contributed by atoms with E-state index in [4.69, 9.17) is 14.2 Å². The van der Waals surface area contributed by atoms with Crippen molar-refractivity contribution in [2.75, 3.05) is 37.7 Å². The Labute approximate surface area is 248 Å². The van der Waals surface area contributed by atoms with E-state index in [1.165, 1.54) is 27.4 Å². The van der Waals surface area contributed by atoms with Crippen molar-refractivity contribution in [2.24, 2.45) is 0 Å². The summed E-state index contributed by atoms with van der Waals surface area (Å²) in [7, 11) is 4.45. The topological polar surface area (TPSA) is 142 Å². The maximum absolute atomic E-state index is 13.6. The Morgan fingerprint density at radius 2 is 1.71 bits per heavy atom. The number of hydrogen-bond acceptors (Lipinski definition) is 9. The largest absolute Gasteiger partial charge is 0.504 e. The summed E-state index contributed by atoms with van der Waals surface area (Å²) in [6.07, 6.45) is 0. The normalized spacial score (nSPS) is 14.4. The number of nitrogens with zero attached hydrogens (tertiary/aromatic N) is 1. The fourth-order valence-corrected chi connectivity index (χ4v) is 5.38. The number of hydrogen-bond donors (Lipinski definition) is 4. The molecule has 3 aromatic carbocycles. The average Bonchev–Trinajstić information content (AvgIpc) is 3.00. The van der Waals surface area contributed by atoms with Gasteiger partial charge in [0.25, 0.3) is 5.91 Å². The molecule has 0 radical (unpaired) electrons. The lowest BCUT2D eigenvalue weighted by Gasteiger charge is -2.30. The molecule has 1 atom stereocenters. The van der Waals surface area contributed by atoms with Crippen LogP contribution >= 0.6 is 11.8 Å². The second-order valence-corrected chi connectivity index (χ2v) is 10.1. The summed E-state index contributed by atoms with van der Waals surface area (Å²) in [5, 5.41) is 29.9. The first-order valence-corrected chi connectivity index (χ1v) is 13.8. The van der Waals surface area contributed by atoms with Crippen LogP contribution < -0.4 is 30.2 Å². The number of methoxy groups -OCH3 is 3. The van der Waals surface area contributed by atoms with Gasteiger partial charge < -0.3 is 35.3 Å². The summed E-state index contributed by atoms with van der Waals surface area (Å²) in [4.78, 5) is 26.6. The first kappa shape index (κ1) is 29.9. The minimum Gasteiger partial charge on any atom is -0.504 e. The van der Waals surface area contributed by atoms with E-state index in [1.807, 2.05) is 6.07 Å². The van der Waals surface area contributed by atoms with Gasteiger partial charge in [0, 0.05) is 23.0 Å². The third-order valence-corrected chi connectivity index (χ3v) is 7.51. The lowest BCUT2D eigenvalue weighted by atomic mass is 9.82. The van der Waals surface area contributed by atoms with E-state index in [0.29, 0.717) is 44.7 Å². The third kappa shape index (κ3) is 6.62. The van der Waals surface area contributed by atoms with Gasteiger partial charge in [-0.1, -0.05) is 36.0 Å². The smallest absolute Gasteiger partial charge is 0.254 e. The molecular formula is C31H30N4O6S. The molecule has 10 nitrogen and oxygen atoms in total. The predicted octanol–water partition coefficient (Wildman–Crippen LogP) is 5.12. The number of phenolic OH excluding ortho intramolecular Hbond substituents is 1. The first-order valence-electron chi connectivity index (χ1n) is 12.8. The SMILES string of the molecule is COc1ccc(OC)c(NC(=O)CSC2=C(C#N)C(c3ccc(O)c(OC)c3)C(C(=O)Nc3ccccc3)=C(C)N2)c1. The molecule has 1 heterocycles. The molecule has 1 aliphatic heterocycles. The second kappa shape index (κ2) is 13.5. The second-order valence-electron chi connectivity index (χ2n) is 9.11. The summed E-state index contributed by atoms with van der Waals surface area (Å²) < 4.78 is 15.9. The molecule has 0 fully saturated rings. The van der Waals surface area contributed by atoms with Crippen LogP contribution in [0, 0.1) is 11.3 Å². The van der Waals surface area contributed by atoms with Gasteiger partial charge >= 0.3 is 0 Å². The molecule has 3 aromatic rings. The summed E-state index contributed by atoms with van der Waals surface area (Å²) in [5.41, 5.74) is 2.66. The van der Waals surface area contributed by atoms with Crippen LogP contribution in [0.25, 0.3) is 0 Å². The Morgan fingerprint density at radius 1 is 0.976 bits per heavy atom. The van der Waals surface area contributed by atoms with Crippen LogP contribution in [0.15, 0.2) is 88.6 Å². The van der Waals surface area contributed by atoms with Crippen molar-refractivity contribution in [3.63, 3.8) is 0 Å². The number of ether oxygens (including phenoxy) is 3. The van der Waals surface area contributed by atoms with Gasteiger partial charge in [0.2, 0.25) is 5.91 Å². The van der Waals surface area contributed by atoms with Crippen LogP contribution in [0.1, 0.15) is 18.4 Å². The Hall–Kier alpha value is -5.08. The van der Waals surface area contributed by atoms with Crippen LogP contribution in [0.3, 0.4) is 0 Å². The molecule has 0 aromatic heterocycles. The first-order chi connectivity index (χ1) is 20.3. The van der Waals surface area contributed by atoms with Crippen molar-refractivity contribution in [3.05, 3.63) is 94.2 Å². The van der Waals surface area contributed by atoms with Crippen molar-refractivity contribution >= 4 is 35.0 Å². The molecule has 1 aliphatic rings. The minimum absolute atomic E-state index is 0.0433. The standard InChI is InChI=1S/C31H30N4O6S/c1-18-28(30(38)34-20-8-6-5-7-9-20)29(19-10-12-24(36)26(14-19)41-4)22(16-32)31(33-18)42-17-27(37)35-23-15-21(39-2)11-13-25(23)40-3/h5-15,29,33,36H,17H2,1-4H3,(H,34,38)(H,35,37). The molecule has 0 aliphatic carbocycles. The molecule has 4 rings (SSSR count). The number of amides is 2. The van der Waals surface area contributed by atoms with E-state index >= 15 is 0 Å². The zero-order valence-electron chi connectivity index (χ0n) is 23.5. The van der Waals surface area contributed by atoms with Gasteiger partial charge in [-0.3, -0.25) is 9.59 Å². The number of para-hydroxylation sites is 1. The van der Waals surface area contributed by atoms with E-state index in [2.05, 4.69) is 22.0 Å². The molecule has 11 heteroatoms. The van der Waals surface area contributed by atoms with E-state index in [0.717, 1.165) is 11.8 Å². The highest BCUT2D eigenvalue weighted by Gasteiger charge is 2.35. The van der Waals surface area contributed by atoms with Gasteiger partial charge in [-0.25, -0.2) is 0 Å². The molecule has 2 amide bonds. The summed E-state index contributed by atoms with van der Waals surface area (Å²) >= 11 is 1.13. The van der Waals surface area contributed by atoms with E-state index in [1.54, 1.807) is 61.5 Å². The number of carbonyl (C=O) groups is 2. The van der Waals surface area contributed by atoms with Gasteiger partial charge in [-0.15, -0.1) is 0 Å². The van der Waals surface area contributed by atoms with Crippen molar-refractivity contribution in [1.82, 2.24) is 5.32 Å². The highest BCUT2D eigenvalue weighted by Crippen LogP contribution is 2.43. The molecular weight excluding hydrogens is 556 g/mol. The fraction of sp³-hybridized carbons (Fsp3) is 0.194. The number of benzene rings is 3. The monoisotopic (exact) mass is 586 g/mol. The zero-order chi connectivity index (χ0) is 30.2. The number of allylic oxidation sites excluding steroid dienone is 2. The van der Waals surface area contributed by atoms with Crippen molar-refractivity contribution < 1.29 is 28.9 Å². The number of carbonyl (C=O) groups excluding carboxylic acids is 2. The Bertz CT molecular complexity index is 1600. The molecule has 0 saturated carbocycles. The van der Waals surface area contributed by atoms with Gasteiger partial charge in [0.15, 0.2) is 11.5 Å². The summed E-state index contributed by atoms with van der Waals surface area (Å²) in [6.45, 7) is 1.74. The number of dihydropyridines is 1. The number of anilines is 2. The number of aromatic hydroxyl groups is 1. The van der Waals surface area contributed by atoms with E-state index in [-0.39, 0.29) is 28.7 Å². The molecule has 0 saturated heterocycles. The van der Waals surface area contributed by atoms with Crippen LogP contribution in [0.5, 0.6) is 23.0 Å². The summed E-state index contributed by atoms with van der Waals surface area (Å²) in [6, 6.07) is 21.0. The van der Waals surface area contributed by atoms with Gasteiger partial charge in [-0.2, -0.15) is 5.26 Å². The third-order valence-electron chi connectivity index (χ3n) is 6.49. The number of nitriles is 1. The Morgan fingerprint density at radius 3 is 2.38 bits per heavy atom. The molecule has 42 heavy (non-hydrogen) atoms. The maximum atomic E-state index is 13.6. The average molecular weight is 587 g/mol. The van der Waals surface area contributed by atoms with Crippen LogP contribution in [0.4, 0.5) is 11.4 Å². The minimum atomic E-state index is -0.807. The highest BCUT2D eigenvalue weighted by molar-refractivity contribution is 8.03. The highest BCUT2D eigenvalue weighted by atomic mass is 32.2. The lowest BCUT2D eigenvalue weighted by molar-refractivity contribution is -0.114. The van der Waals surface area contributed by atoms with Gasteiger partial charge in [0.1, 0.15) is 11.5 Å². The van der Waals surface area contributed by atoms with Crippen molar-refractivity contribution in [2.45, 2.75) is 12.8 Å². The maximum Gasteiger partial charge on any atom is 0.254 e. The Kier molecular flexibility index (Phi) is 9.62. The van der Waals surface area contributed by atoms with Crippen molar-refractivity contribution in [1.29, 1.82) is 5.26 Å². The molecule has 0 bridgehead atoms. The molecule has 0 spiro atoms.